The normalized spacial score (nSPS) is 16.9. The summed E-state index contributed by atoms with van der Waals surface area (Å²) in [6.45, 7) is 8.50. The molecule has 0 radical (unpaired) electrons. The van der Waals surface area contributed by atoms with Gasteiger partial charge in [0.1, 0.15) is 0 Å². The second-order valence-electron chi connectivity index (χ2n) is 7.33. The first kappa shape index (κ1) is 23.6. The van der Waals surface area contributed by atoms with E-state index in [4.69, 9.17) is 27.9 Å². The number of carboxylic acids is 1. The van der Waals surface area contributed by atoms with Crippen LogP contribution in [-0.2, 0) is 14.3 Å². The topological polar surface area (TPSA) is 78.9 Å². The zero-order valence-electron chi connectivity index (χ0n) is 17.1. The van der Waals surface area contributed by atoms with Crippen LogP contribution in [0.4, 0.5) is 5.00 Å². The molecule has 0 aliphatic carbocycles. The SMILES string of the molecule is C=CCC(NC=O)(C(=O)O)C(c1ccc(Cl)c(Cl)c1)c1cc(N2CCOCC2)sc1C. The van der Waals surface area contributed by atoms with Crippen LogP contribution in [0.25, 0.3) is 0 Å². The Morgan fingerprint density at radius 3 is 2.65 bits per heavy atom. The summed E-state index contributed by atoms with van der Waals surface area (Å²) in [5.74, 6) is -1.87. The first-order valence-corrected chi connectivity index (χ1v) is 11.3. The number of benzene rings is 1. The number of ether oxygens (including phenoxy) is 1. The number of anilines is 1. The van der Waals surface area contributed by atoms with Crippen molar-refractivity contribution in [2.45, 2.75) is 24.8 Å². The summed E-state index contributed by atoms with van der Waals surface area (Å²) in [6, 6.07) is 7.05. The van der Waals surface area contributed by atoms with E-state index in [1.54, 1.807) is 29.5 Å². The van der Waals surface area contributed by atoms with E-state index in [1.165, 1.54) is 6.08 Å². The number of halogens is 2. The van der Waals surface area contributed by atoms with E-state index in [0.29, 0.717) is 35.2 Å². The van der Waals surface area contributed by atoms with E-state index in [2.05, 4.69) is 16.8 Å². The molecule has 1 aliphatic heterocycles. The van der Waals surface area contributed by atoms with Gasteiger partial charge >= 0.3 is 5.97 Å². The van der Waals surface area contributed by atoms with E-state index < -0.39 is 17.4 Å². The molecule has 2 atom stereocenters. The van der Waals surface area contributed by atoms with Crippen LogP contribution >= 0.6 is 34.5 Å². The Balaban J connectivity index is 2.21. The van der Waals surface area contributed by atoms with Crippen molar-refractivity contribution in [3.05, 3.63) is 63.0 Å². The second-order valence-corrected chi connectivity index (χ2v) is 9.38. The fraction of sp³-hybridized carbons (Fsp3) is 0.364. The molecule has 1 aromatic heterocycles. The molecule has 1 fully saturated rings. The zero-order valence-corrected chi connectivity index (χ0v) is 19.4. The molecule has 0 spiro atoms. The zero-order chi connectivity index (χ0) is 22.6. The smallest absolute Gasteiger partial charge is 0.330 e. The maximum Gasteiger partial charge on any atom is 0.330 e. The predicted octanol–water partition coefficient (Wildman–Crippen LogP) is 4.48. The molecule has 9 heteroatoms. The van der Waals surface area contributed by atoms with E-state index in [0.717, 1.165) is 28.5 Å². The van der Waals surface area contributed by atoms with Crippen molar-refractivity contribution in [3.63, 3.8) is 0 Å². The Bertz CT molecular complexity index is 962. The van der Waals surface area contributed by atoms with E-state index in [1.807, 2.05) is 13.0 Å². The Kier molecular flexibility index (Phi) is 7.64. The lowest BCUT2D eigenvalue weighted by molar-refractivity contribution is -0.146. The highest BCUT2D eigenvalue weighted by atomic mass is 35.5. The Morgan fingerprint density at radius 2 is 2.06 bits per heavy atom. The van der Waals surface area contributed by atoms with Gasteiger partial charge in [-0.15, -0.1) is 17.9 Å². The van der Waals surface area contributed by atoms with Gasteiger partial charge < -0.3 is 20.1 Å². The van der Waals surface area contributed by atoms with Crippen LogP contribution in [0, 0.1) is 6.92 Å². The highest BCUT2D eigenvalue weighted by Crippen LogP contribution is 2.45. The minimum Gasteiger partial charge on any atom is -0.479 e. The molecule has 1 aliphatic rings. The fourth-order valence-corrected chi connectivity index (χ4v) is 5.41. The van der Waals surface area contributed by atoms with Gasteiger partial charge in [-0.2, -0.15) is 0 Å². The average Bonchev–Trinajstić information content (AvgIpc) is 3.12. The number of rotatable bonds is 9. The third-order valence-corrected chi connectivity index (χ3v) is 7.38. The second kappa shape index (κ2) is 10.0. The number of hydrogen-bond acceptors (Lipinski definition) is 5. The quantitative estimate of drug-likeness (QED) is 0.406. The number of morpholine rings is 1. The molecule has 0 bridgehead atoms. The van der Waals surface area contributed by atoms with Crippen molar-refractivity contribution in [2.24, 2.45) is 0 Å². The standard InChI is InChI=1S/C22H24Cl2N2O4S/c1-3-6-22(21(28)29,25-13-27)20(15-4-5-17(23)18(24)11-15)16-12-19(31-14(16)2)26-7-9-30-10-8-26/h3-5,11-13,20H,1,6-10H2,2H3,(H,25,27)(H,28,29). The maximum absolute atomic E-state index is 12.6. The van der Waals surface area contributed by atoms with Crippen LogP contribution in [0.1, 0.15) is 28.3 Å². The summed E-state index contributed by atoms with van der Waals surface area (Å²) >= 11 is 14.0. The monoisotopic (exact) mass is 482 g/mol. The molecule has 3 rings (SSSR count). The van der Waals surface area contributed by atoms with Gasteiger partial charge in [-0.25, -0.2) is 4.79 Å². The van der Waals surface area contributed by atoms with Crippen molar-refractivity contribution in [1.82, 2.24) is 5.32 Å². The summed E-state index contributed by atoms with van der Waals surface area (Å²) < 4.78 is 5.45. The molecule has 1 aromatic carbocycles. The van der Waals surface area contributed by atoms with Crippen LogP contribution in [-0.4, -0.2) is 49.3 Å². The minimum absolute atomic E-state index is 0.0220. The molecular formula is C22H24Cl2N2O4S. The number of carbonyl (C=O) groups is 2. The maximum atomic E-state index is 12.6. The number of aryl methyl sites for hydroxylation is 1. The summed E-state index contributed by atoms with van der Waals surface area (Å²) in [5.41, 5.74) is -0.194. The average molecular weight is 483 g/mol. The van der Waals surface area contributed by atoms with E-state index in [9.17, 15) is 14.7 Å². The summed E-state index contributed by atoms with van der Waals surface area (Å²) in [4.78, 5) is 27.3. The largest absolute Gasteiger partial charge is 0.479 e. The van der Waals surface area contributed by atoms with Crippen molar-refractivity contribution in [2.75, 3.05) is 31.2 Å². The summed E-state index contributed by atoms with van der Waals surface area (Å²) in [6.07, 6.45) is 1.95. The highest BCUT2D eigenvalue weighted by Gasteiger charge is 2.47. The van der Waals surface area contributed by atoms with Crippen molar-refractivity contribution in [3.8, 4) is 0 Å². The Hall–Kier alpha value is -2.06. The molecule has 31 heavy (non-hydrogen) atoms. The molecule has 6 nitrogen and oxygen atoms in total. The third kappa shape index (κ3) is 4.75. The van der Waals surface area contributed by atoms with E-state index >= 15 is 0 Å². The minimum atomic E-state index is -1.64. The van der Waals surface area contributed by atoms with Crippen molar-refractivity contribution >= 4 is 51.9 Å². The molecule has 2 aromatic rings. The van der Waals surface area contributed by atoms with Crippen molar-refractivity contribution < 1.29 is 19.4 Å². The van der Waals surface area contributed by atoms with Gasteiger partial charge in [0, 0.05) is 23.9 Å². The van der Waals surface area contributed by atoms with Crippen LogP contribution in [0.5, 0.6) is 0 Å². The van der Waals surface area contributed by atoms with Crippen LogP contribution in [0.3, 0.4) is 0 Å². The molecule has 2 unspecified atom stereocenters. The highest BCUT2D eigenvalue weighted by molar-refractivity contribution is 7.16. The van der Waals surface area contributed by atoms with Gasteiger partial charge in [0.25, 0.3) is 0 Å². The molecule has 1 saturated heterocycles. The number of carboxylic acid groups (broad SMARTS) is 1. The lowest BCUT2D eigenvalue weighted by Gasteiger charge is -2.37. The summed E-state index contributed by atoms with van der Waals surface area (Å²) in [7, 11) is 0. The number of hydrogen-bond donors (Lipinski definition) is 2. The lowest BCUT2D eigenvalue weighted by atomic mass is 9.73. The molecule has 2 heterocycles. The van der Waals surface area contributed by atoms with Crippen LogP contribution in [0.15, 0.2) is 36.9 Å². The molecule has 0 saturated carbocycles. The molecular weight excluding hydrogens is 459 g/mol. The molecule has 1 amide bonds. The number of aliphatic carboxylic acids is 1. The fourth-order valence-electron chi connectivity index (χ4n) is 3.99. The number of nitrogens with one attached hydrogen (secondary N) is 1. The Labute approximate surface area is 195 Å². The van der Waals surface area contributed by atoms with E-state index in [-0.39, 0.29) is 6.42 Å². The Morgan fingerprint density at radius 1 is 1.35 bits per heavy atom. The lowest BCUT2D eigenvalue weighted by Crippen LogP contribution is -2.56. The number of carbonyl (C=O) groups excluding carboxylic acids is 1. The van der Waals surface area contributed by atoms with Gasteiger partial charge in [-0.05, 0) is 42.7 Å². The van der Waals surface area contributed by atoms with Crippen LogP contribution in [0.2, 0.25) is 10.0 Å². The van der Waals surface area contributed by atoms with Gasteiger partial charge in [-0.1, -0.05) is 35.3 Å². The van der Waals surface area contributed by atoms with Gasteiger partial charge in [0.2, 0.25) is 6.41 Å². The first-order valence-electron chi connectivity index (χ1n) is 9.77. The predicted molar refractivity (Wildman–Crippen MR) is 125 cm³/mol. The number of amides is 1. The molecule has 2 N–H and O–H groups in total. The first-order chi connectivity index (χ1) is 14.8. The van der Waals surface area contributed by atoms with Crippen molar-refractivity contribution in [1.29, 1.82) is 0 Å². The third-order valence-electron chi connectivity index (χ3n) is 5.51. The number of nitrogens with zero attached hydrogens (tertiary/aromatic N) is 1. The molecule has 166 valence electrons. The summed E-state index contributed by atoms with van der Waals surface area (Å²) in [5, 5.41) is 14.6. The van der Waals surface area contributed by atoms with Gasteiger partial charge in [0.15, 0.2) is 5.54 Å². The van der Waals surface area contributed by atoms with Gasteiger partial charge in [0.05, 0.1) is 28.3 Å². The van der Waals surface area contributed by atoms with Gasteiger partial charge in [-0.3, -0.25) is 4.79 Å². The number of thiophene rings is 1. The van der Waals surface area contributed by atoms with Crippen LogP contribution < -0.4 is 10.2 Å².